The summed E-state index contributed by atoms with van der Waals surface area (Å²) in [5.41, 5.74) is 3.24. The fourth-order valence-electron chi connectivity index (χ4n) is 4.15. The van der Waals surface area contributed by atoms with Crippen molar-refractivity contribution in [1.82, 2.24) is 24.6 Å². The molecule has 0 aromatic carbocycles. The summed E-state index contributed by atoms with van der Waals surface area (Å²) in [7, 11) is 0. The Morgan fingerprint density at radius 1 is 1.29 bits per heavy atom. The third-order valence-electron chi connectivity index (χ3n) is 5.75. The third kappa shape index (κ3) is 4.28. The standard InChI is InChI=1S/C20H30N6O2/c1-3-26-14-17(15(2)23-26)13-24-6-4-5-16(12-24)18-11-19(27)22-20(21-18)25-7-9-28-10-8-25/h11,14,16H,3-10,12-13H2,1-2H3,(H,21,22,27). The predicted octanol–water partition coefficient (Wildman–Crippen LogP) is 1.51. The van der Waals surface area contributed by atoms with Gasteiger partial charge in [-0.15, -0.1) is 0 Å². The second kappa shape index (κ2) is 8.45. The second-order valence-electron chi connectivity index (χ2n) is 7.76. The molecule has 1 atom stereocenters. The lowest BCUT2D eigenvalue weighted by molar-refractivity contribution is 0.122. The summed E-state index contributed by atoms with van der Waals surface area (Å²) in [5, 5.41) is 4.56. The van der Waals surface area contributed by atoms with E-state index in [1.807, 2.05) is 4.68 Å². The molecule has 8 heteroatoms. The minimum absolute atomic E-state index is 0.0660. The summed E-state index contributed by atoms with van der Waals surface area (Å²) in [6, 6.07) is 1.68. The highest BCUT2D eigenvalue weighted by Gasteiger charge is 2.25. The van der Waals surface area contributed by atoms with Crippen LogP contribution in [0.1, 0.15) is 42.6 Å². The Bertz CT molecular complexity index is 855. The molecule has 2 fully saturated rings. The molecule has 0 saturated carbocycles. The lowest BCUT2D eigenvalue weighted by Crippen LogP contribution is -2.39. The maximum absolute atomic E-state index is 12.3. The molecule has 2 saturated heterocycles. The van der Waals surface area contributed by atoms with Crippen LogP contribution >= 0.6 is 0 Å². The summed E-state index contributed by atoms with van der Waals surface area (Å²) >= 11 is 0. The van der Waals surface area contributed by atoms with Crippen LogP contribution in [0.2, 0.25) is 0 Å². The Morgan fingerprint density at radius 2 is 2.11 bits per heavy atom. The molecule has 0 aliphatic carbocycles. The van der Waals surface area contributed by atoms with Crippen LogP contribution < -0.4 is 10.5 Å². The maximum Gasteiger partial charge on any atom is 0.252 e. The average Bonchev–Trinajstić information content (AvgIpc) is 3.08. The zero-order chi connectivity index (χ0) is 19.5. The smallest absolute Gasteiger partial charge is 0.252 e. The first-order valence-corrected chi connectivity index (χ1v) is 10.3. The van der Waals surface area contributed by atoms with Crippen molar-refractivity contribution in [3.63, 3.8) is 0 Å². The monoisotopic (exact) mass is 386 g/mol. The number of rotatable bonds is 5. The van der Waals surface area contributed by atoms with Gasteiger partial charge in [0, 0.05) is 56.5 Å². The van der Waals surface area contributed by atoms with E-state index < -0.39 is 0 Å². The molecule has 2 aliphatic rings. The van der Waals surface area contributed by atoms with E-state index in [2.05, 4.69) is 39.9 Å². The first-order valence-electron chi connectivity index (χ1n) is 10.3. The average molecular weight is 387 g/mol. The van der Waals surface area contributed by atoms with Gasteiger partial charge < -0.3 is 9.64 Å². The Kier molecular flexibility index (Phi) is 5.77. The zero-order valence-corrected chi connectivity index (χ0v) is 16.9. The molecule has 152 valence electrons. The topological polar surface area (TPSA) is 79.3 Å². The van der Waals surface area contributed by atoms with Gasteiger partial charge in [-0.3, -0.25) is 19.4 Å². The molecule has 1 N–H and O–H groups in total. The Labute approximate surface area is 165 Å². The fraction of sp³-hybridized carbons (Fsp3) is 0.650. The van der Waals surface area contributed by atoms with Gasteiger partial charge in [0.2, 0.25) is 5.95 Å². The number of aromatic amines is 1. The number of nitrogens with zero attached hydrogens (tertiary/aromatic N) is 5. The largest absolute Gasteiger partial charge is 0.378 e. The van der Waals surface area contributed by atoms with Gasteiger partial charge in [-0.2, -0.15) is 5.10 Å². The highest BCUT2D eigenvalue weighted by atomic mass is 16.5. The van der Waals surface area contributed by atoms with E-state index in [0.717, 1.165) is 63.5 Å². The van der Waals surface area contributed by atoms with Gasteiger partial charge in [-0.1, -0.05) is 0 Å². The van der Waals surface area contributed by atoms with Crippen molar-refractivity contribution in [3.8, 4) is 0 Å². The molecule has 28 heavy (non-hydrogen) atoms. The van der Waals surface area contributed by atoms with Crippen LogP contribution in [0.25, 0.3) is 0 Å². The third-order valence-corrected chi connectivity index (χ3v) is 5.75. The minimum atomic E-state index is -0.0660. The molecule has 8 nitrogen and oxygen atoms in total. The Morgan fingerprint density at radius 3 is 2.86 bits per heavy atom. The first kappa shape index (κ1) is 19.1. The van der Waals surface area contributed by atoms with Gasteiger partial charge in [0.1, 0.15) is 0 Å². The van der Waals surface area contributed by atoms with E-state index in [4.69, 9.17) is 9.72 Å². The molecule has 0 amide bonds. The number of ether oxygens (including phenoxy) is 1. The van der Waals surface area contributed by atoms with E-state index in [-0.39, 0.29) is 11.5 Å². The van der Waals surface area contributed by atoms with Gasteiger partial charge in [0.05, 0.1) is 24.6 Å². The second-order valence-corrected chi connectivity index (χ2v) is 7.76. The summed E-state index contributed by atoms with van der Waals surface area (Å²) in [5.74, 6) is 0.973. The molecule has 2 aliphatic heterocycles. The van der Waals surface area contributed by atoms with Crippen LogP contribution in [-0.4, -0.2) is 64.0 Å². The van der Waals surface area contributed by atoms with Gasteiger partial charge in [-0.25, -0.2) is 4.98 Å². The number of nitrogens with one attached hydrogen (secondary N) is 1. The summed E-state index contributed by atoms with van der Waals surface area (Å²) in [6.07, 6.45) is 4.34. The van der Waals surface area contributed by atoms with Crippen LogP contribution in [0, 0.1) is 6.92 Å². The number of likely N-dealkylation sites (tertiary alicyclic amines) is 1. The quantitative estimate of drug-likeness (QED) is 0.839. The SMILES string of the molecule is CCn1cc(CN2CCCC(c3cc(=O)[nH]c(N4CCOCC4)n3)C2)c(C)n1. The van der Waals surface area contributed by atoms with Crippen LogP contribution in [0.4, 0.5) is 5.95 Å². The number of aromatic nitrogens is 4. The summed E-state index contributed by atoms with van der Waals surface area (Å²) in [6.45, 7) is 10.9. The molecular formula is C20H30N6O2. The van der Waals surface area contributed by atoms with Crippen molar-refractivity contribution >= 4 is 5.95 Å². The number of aryl methyl sites for hydroxylation is 2. The van der Waals surface area contributed by atoms with Crippen molar-refractivity contribution < 1.29 is 4.74 Å². The lowest BCUT2D eigenvalue weighted by atomic mass is 9.94. The van der Waals surface area contributed by atoms with Crippen LogP contribution in [0.5, 0.6) is 0 Å². The molecule has 4 heterocycles. The molecule has 0 spiro atoms. The van der Waals surface area contributed by atoms with Crippen LogP contribution in [-0.2, 0) is 17.8 Å². The van der Waals surface area contributed by atoms with Crippen molar-refractivity contribution in [2.24, 2.45) is 0 Å². The predicted molar refractivity (Wildman–Crippen MR) is 108 cm³/mol. The number of piperidine rings is 1. The molecule has 4 rings (SSSR count). The summed E-state index contributed by atoms with van der Waals surface area (Å²) < 4.78 is 7.41. The van der Waals surface area contributed by atoms with Crippen molar-refractivity contribution in [1.29, 1.82) is 0 Å². The maximum atomic E-state index is 12.3. The zero-order valence-electron chi connectivity index (χ0n) is 16.9. The Balaban J connectivity index is 1.48. The minimum Gasteiger partial charge on any atom is -0.378 e. The Hall–Kier alpha value is -2.19. The lowest BCUT2D eigenvalue weighted by Gasteiger charge is -2.33. The van der Waals surface area contributed by atoms with E-state index >= 15 is 0 Å². The van der Waals surface area contributed by atoms with Crippen LogP contribution in [0.3, 0.4) is 0 Å². The molecule has 0 bridgehead atoms. The van der Waals surface area contributed by atoms with E-state index in [1.165, 1.54) is 5.56 Å². The highest BCUT2D eigenvalue weighted by Crippen LogP contribution is 2.27. The van der Waals surface area contributed by atoms with Crippen molar-refractivity contribution in [2.75, 3.05) is 44.3 Å². The number of morpholine rings is 1. The highest BCUT2D eigenvalue weighted by molar-refractivity contribution is 5.31. The van der Waals surface area contributed by atoms with Gasteiger partial charge >= 0.3 is 0 Å². The summed E-state index contributed by atoms with van der Waals surface area (Å²) in [4.78, 5) is 24.6. The van der Waals surface area contributed by atoms with E-state index in [9.17, 15) is 4.79 Å². The van der Waals surface area contributed by atoms with Crippen LogP contribution in [0.15, 0.2) is 17.1 Å². The normalized spacial score (nSPS) is 21.2. The fourth-order valence-corrected chi connectivity index (χ4v) is 4.15. The first-order chi connectivity index (χ1) is 13.6. The number of hydrogen-bond donors (Lipinski definition) is 1. The van der Waals surface area contributed by atoms with E-state index in [1.54, 1.807) is 6.07 Å². The van der Waals surface area contributed by atoms with Crippen molar-refractivity contribution in [3.05, 3.63) is 39.6 Å². The van der Waals surface area contributed by atoms with Gasteiger partial charge in [-0.05, 0) is 33.2 Å². The molecule has 2 aromatic heterocycles. The molecular weight excluding hydrogens is 356 g/mol. The van der Waals surface area contributed by atoms with Gasteiger partial charge in [0.25, 0.3) is 5.56 Å². The van der Waals surface area contributed by atoms with E-state index in [0.29, 0.717) is 19.2 Å². The number of anilines is 1. The molecule has 0 radical (unpaired) electrons. The molecule has 2 aromatic rings. The number of H-pyrrole nitrogens is 1. The molecule has 1 unspecified atom stereocenters. The van der Waals surface area contributed by atoms with Gasteiger partial charge in [0.15, 0.2) is 0 Å². The van der Waals surface area contributed by atoms with Crippen molar-refractivity contribution in [2.45, 2.75) is 45.7 Å². The number of hydrogen-bond acceptors (Lipinski definition) is 6.